The minimum Gasteiger partial charge on any atom is -0.370 e. The van der Waals surface area contributed by atoms with E-state index in [1.165, 1.54) is 0 Å². The van der Waals surface area contributed by atoms with Crippen LogP contribution >= 0.6 is 0 Å². The van der Waals surface area contributed by atoms with Crippen LogP contribution in [-0.4, -0.2) is 47.0 Å². The number of carbonyl (C=O) groups is 1. The lowest BCUT2D eigenvalue weighted by Crippen LogP contribution is -2.35. The number of pyridine rings is 1. The van der Waals surface area contributed by atoms with Crippen molar-refractivity contribution in [3.63, 3.8) is 0 Å². The summed E-state index contributed by atoms with van der Waals surface area (Å²) in [4.78, 5) is 27.3. The number of piperidine rings is 1. The molecule has 1 aliphatic rings. The monoisotopic (exact) mass is 382 g/mol. The Kier molecular flexibility index (Phi) is 7.58. The summed E-state index contributed by atoms with van der Waals surface area (Å²) in [5, 5.41) is 6.24. The summed E-state index contributed by atoms with van der Waals surface area (Å²) in [6.45, 7) is 5.52. The molecule has 2 N–H and O–H groups in total. The van der Waals surface area contributed by atoms with Gasteiger partial charge in [-0.05, 0) is 44.2 Å². The van der Waals surface area contributed by atoms with Gasteiger partial charge in [0.05, 0.1) is 0 Å². The fourth-order valence-corrected chi connectivity index (χ4v) is 3.55. The van der Waals surface area contributed by atoms with Crippen molar-refractivity contribution in [2.75, 3.05) is 36.4 Å². The molecule has 0 unspecified atom stereocenters. The van der Waals surface area contributed by atoms with Gasteiger partial charge in [-0.2, -0.15) is 0 Å². The lowest BCUT2D eigenvalue weighted by Gasteiger charge is -2.32. The Labute approximate surface area is 167 Å². The van der Waals surface area contributed by atoms with E-state index in [0.717, 1.165) is 62.6 Å². The topological polar surface area (TPSA) is 83.0 Å². The van der Waals surface area contributed by atoms with Crippen LogP contribution in [-0.2, 0) is 11.2 Å². The van der Waals surface area contributed by atoms with Crippen molar-refractivity contribution < 1.29 is 4.79 Å². The molecular formula is C21H30N6O. The lowest BCUT2D eigenvalue weighted by atomic mass is 9.92. The predicted octanol–water partition coefficient (Wildman–Crippen LogP) is 2.66. The maximum Gasteiger partial charge on any atom is 0.220 e. The highest BCUT2D eigenvalue weighted by Gasteiger charge is 2.21. The Balaban J connectivity index is 1.34. The van der Waals surface area contributed by atoms with Gasteiger partial charge in [0.25, 0.3) is 0 Å². The summed E-state index contributed by atoms with van der Waals surface area (Å²) in [5.74, 6) is 2.60. The van der Waals surface area contributed by atoms with Crippen molar-refractivity contribution >= 4 is 17.5 Å². The smallest absolute Gasteiger partial charge is 0.220 e. The molecule has 0 spiro atoms. The maximum absolute atomic E-state index is 12.1. The zero-order valence-electron chi connectivity index (χ0n) is 16.6. The largest absolute Gasteiger partial charge is 0.370 e. The highest BCUT2D eigenvalue weighted by Crippen LogP contribution is 2.25. The SMILES string of the molecule is CCNc1cc(N2CCC(CCC(=O)NCCc3ccccn3)CC2)ncn1. The number of carbonyl (C=O) groups excluding carboxylic acids is 1. The summed E-state index contributed by atoms with van der Waals surface area (Å²) >= 11 is 0. The summed E-state index contributed by atoms with van der Waals surface area (Å²) in [5.41, 5.74) is 1.01. The molecule has 0 saturated carbocycles. The van der Waals surface area contributed by atoms with Crippen LogP contribution in [0.5, 0.6) is 0 Å². The van der Waals surface area contributed by atoms with E-state index in [0.29, 0.717) is 18.9 Å². The van der Waals surface area contributed by atoms with Gasteiger partial charge >= 0.3 is 0 Å². The molecule has 0 aliphatic carbocycles. The third-order valence-corrected chi connectivity index (χ3v) is 5.16. The fourth-order valence-electron chi connectivity index (χ4n) is 3.55. The summed E-state index contributed by atoms with van der Waals surface area (Å²) < 4.78 is 0. The number of anilines is 2. The highest BCUT2D eigenvalue weighted by atomic mass is 16.1. The van der Waals surface area contributed by atoms with Crippen LogP contribution in [0, 0.1) is 5.92 Å². The predicted molar refractivity (Wildman–Crippen MR) is 111 cm³/mol. The molecule has 1 saturated heterocycles. The molecule has 150 valence electrons. The van der Waals surface area contributed by atoms with Crippen LogP contribution in [0.2, 0.25) is 0 Å². The first-order valence-electron chi connectivity index (χ1n) is 10.2. The van der Waals surface area contributed by atoms with Crippen LogP contribution in [0.1, 0.15) is 38.3 Å². The minimum atomic E-state index is 0.143. The van der Waals surface area contributed by atoms with E-state index in [2.05, 4.69) is 37.4 Å². The molecule has 0 aromatic carbocycles. The van der Waals surface area contributed by atoms with Crippen molar-refractivity contribution in [1.82, 2.24) is 20.3 Å². The molecule has 0 radical (unpaired) electrons. The molecule has 3 heterocycles. The standard InChI is InChI=1S/C21H30N6O/c1-2-22-19-15-20(26-16-25-19)27-13-9-17(10-14-27)6-7-21(28)24-12-8-18-5-3-4-11-23-18/h3-5,11,15-17H,2,6-10,12-14H2,1H3,(H,24,28)(H,22,25,26). The average molecular weight is 383 g/mol. The molecule has 7 heteroatoms. The van der Waals surface area contributed by atoms with Gasteiger partial charge in [-0.1, -0.05) is 6.07 Å². The molecule has 1 aliphatic heterocycles. The van der Waals surface area contributed by atoms with Gasteiger partial charge in [-0.25, -0.2) is 9.97 Å². The normalized spacial score (nSPS) is 14.7. The first-order valence-corrected chi connectivity index (χ1v) is 10.2. The van der Waals surface area contributed by atoms with Crippen LogP contribution in [0.4, 0.5) is 11.6 Å². The second-order valence-corrected chi connectivity index (χ2v) is 7.18. The Bertz CT molecular complexity index is 731. The summed E-state index contributed by atoms with van der Waals surface area (Å²) in [6.07, 6.45) is 7.93. The van der Waals surface area contributed by atoms with Crippen molar-refractivity contribution in [2.45, 2.75) is 39.0 Å². The van der Waals surface area contributed by atoms with Crippen LogP contribution in [0.15, 0.2) is 36.8 Å². The molecule has 28 heavy (non-hydrogen) atoms. The maximum atomic E-state index is 12.1. The number of rotatable bonds is 9. The minimum absolute atomic E-state index is 0.143. The highest BCUT2D eigenvalue weighted by molar-refractivity contribution is 5.75. The van der Waals surface area contributed by atoms with Gasteiger partial charge in [-0.3, -0.25) is 9.78 Å². The quantitative estimate of drug-likeness (QED) is 0.694. The number of amides is 1. The summed E-state index contributed by atoms with van der Waals surface area (Å²) in [7, 11) is 0. The number of aromatic nitrogens is 3. The number of hydrogen-bond donors (Lipinski definition) is 2. The molecule has 0 atom stereocenters. The van der Waals surface area contributed by atoms with E-state index in [1.54, 1.807) is 12.5 Å². The number of hydrogen-bond acceptors (Lipinski definition) is 6. The Morgan fingerprint density at radius 2 is 2.07 bits per heavy atom. The van der Waals surface area contributed by atoms with Crippen molar-refractivity contribution in [3.8, 4) is 0 Å². The molecule has 0 bridgehead atoms. The molecule has 2 aromatic rings. The van der Waals surface area contributed by atoms with E-state index in [-0.39, 0.29) is 5.91 Å². The Hall–Kier alpha value is -2.70. The third-order valence-electron chi connectivity index (χ3n) is 5.16. The second kappa shape index (κ2) is 10.6. The van der Waals surface area contributed by atoms with E-state index in [9.17, 15) is 4.79 Å². The van der Waals surface area contributed by atoms with E-state index >= 15 is 0 Å². The molecule has 2 aromatic heterocycles. The summed E-state index contributed by atoms with van der Waals surface area (Å²) in [6, 6.07) is 7.87. The molecule has 1 fully saturated rings. The van der Waals surface area contributed by atoms with Gasteiger partial charge in [0.2, 0.25) is 5.91 Å². The number of nitrogens with one attached hydrogen (secondary N) is 2. The first-order chi connectivity index (χ1) is 13.7. The molecular weight excluding hydrogens is 352 g/mol. The van der Waals surface area contributed by atoms with Crippen LogP contribution in [0.3, 0.4) is 0 Å². The Morgan fingerprint density at radius 3 is 2.82 bits per heavy atom. The number of nitrogens with zero attached hydrogens (tertiary/aromatic N) is 4. The van der Waals surface area contributed by atoms with Gasteiger partial charge in [-0.15, -0.1) is 0 Å². The third kappa shape index (κ3) is 6.18. The zero-order chi connectivity index (χ0) is 19.6. The average Bonchev–Trinajstić information content (AvgIpc) is 2.74. The molecule has 3 rings (SSSR count). The Morgan fingerprint density at radius 1 is 1.21 bits per heavy atom. The molecule has 1 amide bonds. The van der Waals surface area contributed by atoms with E-state index in [1.807, 2.05) is 24.3 Å². The van der Waals surface area contributed by atoms with Gasteiger partial charge in [0.15, 0.2) is 0 Å². The second-order valence-electron chi connectivity index (χ2n) is 7.18. The zero-order valence-corrected chi connectivity index (χ0v) is 16.6. The van der Waals surface area contributed by atoms with E-state index < -0.39 is 0 Å². The van der Waals surface area contributed by atoms with Crippen molar-refractivity contribution in [2.24, 2.45) is 5.92 Å². The van der Waals surface area contributed by atoms with Crippen LogP contribution in [0.25, 0.3) is 0 Å². The van der Waals surface area contributed by atoms with Crippen molar-refractivity contribution in [1.29, 1.82) is 0 Å². The lowest BCUT2D eigenvalue weighted by molar-refractivity contribution is -0.121. The first kappa shape index (κ1) is 20.0. The van der Waals surface area contributed by atoms with E-state index in [4.69, 9.17) is 0 Å². The van der Waals surface area contributed by atoms with Crippen LogP contribution < -0.4 is 15.5 Å². The fraction of sp³-hybridized carbons (Fsp3) is 0.524. The van der Waals surface area contributed by atoms with Gasteiger partial charge < -0.3 is 15.5 Å². The van der Waals surface area contributed by atoms with Crippen molar-refractivity contribution in [3.05, 3.63) is 42.5 Å². The van der Waals surface area contributed by atoms with Gasteiger partial charge in [0, 0.05) is 57.0 Å². The molecule has 7 nitrogen and oxygen atoms in total. The van der Waals surface area contributed by atoms with Gasteiger partial charge in [0.1, 0.15) is 18.0 Å².